The lowest BCUT2D eigenvalue weighted by atomic mass is 9.85. The average Bonchev–Trinajstić information content (AvgIpc) is 3.35. The van der Waals surface area contributed by atoms with Crippen LogP contribution in [0.15, 0.2) is 146 Å². The molecule has 0 unspecified atom stereocenters. The maximum atomic E-state index is 2.48. The fraction of sp³-hybridized carbons (Fsp3) is 0. The highest BCUT2D eigenvalue weighted by Gasteiger charge is 2.25. The summed E-state index contributed by atoms with van der Waals surface area (Å²) in [6.07, 6.45) is 0. The molecule has 1 aliphatic rings. The van der Waals surface area contributed by atoms with Crippen molar-refractivity contribution in [2.24, 2.45) is 0 Å². The summed E-state index contributed by atoms with van der Waals surface area (Å²) in [6.45, 7) is 0. The van der Waals surface area contributed by atoms with E-state index < -0.39 is 0 Å². The highest BCUT2D eigenvalue weighted by atomic mass is 14.3. The van der Waals surface area contributed by atoms with E-state index in [4.69, 9.17) is 0 Å². The zero-order valence-corrected chi connectivity index (χ0v) is 22.9. The molecule has 0 fully saturated rings. The summed E-state index contributed by atoms with van der Waals surface area (Å²) < 4.78 is 0. The van der Waals surface area contributed by atoms with Crippen LogP contribution in [0.3, 0.4) is 0 Å². The van der Waals surface area contributed by atoms with Gasteiger partial charge in [-0.3, -0.25) is 0 Å². The molecule has 9 aromatic carbocycles. The van der Waals surface area contributed by atoms with Crippen LogP contribution >= 0.6 is 0 Å². The Balaban J connectivity index is 1.40. The highest BCUT2D eigenvalue weighted by Crippen LogP contribution is 2.52. The van der Waals surface area contributed by atoms with Gasteiger partial charge >= 0.3 is 0 Å². The van der Waals surface area contributed by atoms with E-state index in [1.807, 2.05) is 0 Å². The van der Waals surface area contributed by atoms with Crippen molar-refractivity contribution in [1.29, 1.82) is 0 Å². The second kappa shape index (κ2) is 8.06. The van der Waals surface area contributed by atoms with Crippen LogP contribution in [0.2, 0.25) is 0 Å². The maximum Gasteiger partial charge on any atom is -0.00199 e. The first kappa shape index (κ1) is 22.3. The molecular weight excluding hydrogens is 504 g/mol. The minimum Gasteiger partial charge on any atom is -0.0616 e. The van der Waals surface area contributed by atoms with Gasteiger partial charge in [-0.05, 0) is 128 Å². The van der Waals surface area contributed by atoms with Gasteiger partial charge in [0.2, 0.25) is 0 Å². The third-order valence-electron chi connectivity index (χ3n) is 9.51. The zero-order valence-electron chi connectivity index (χ0n) is 22.9. The van der Waals surface area contributed by atoms with Crippen LogP contribution in [0, 0.1) is 0 Å². The standard InChI is InChI=1S/C42H24/c1-2-11-26-22-36-35(21-25(26)10-1)33-18-9-19-34-38-24-39(32-17-8-7-16-31(32)37(38)23-40(36)42(33)34)41-29-14-5-3-12-27(29)20-28-13-4-6-15-30(28)41/h1-24H. The minimum atomic E-state index is 1.28. The van der Waals surface area contributed by atoms with Gasteiger partial charge in [-0.2, -0.15) is 0 Å². The van der Waals surface area contributed by atoms with Gasteiger partial charge in [0.05, 0.1) is 0 Å². The lowest BCUT2D eigenvalue weighted by molar-refractivity contribution is 1.73. The lowest BCUT2D eigenvalue weighted by Gasteiger charge is -2.17. The van der Waals surface area contributed by atoms with E-state index in [1.54, 1.807) is 0 Å². The number of hydrogen-bond donors (Lipinski definition) is 0. The van der Waals surface area contributed by atoms with Gasteiger partial charge in [0, 0.05) is 0 Å². The number of hydrogen-bond acceptors (Lipinski definition) is 0. The Labute approximate surface area is 243 Å². The van der Waals surface area contributed by atoms with Gasteiger partial charge in [-0.15, -0.1) is 0 Å². The molecule has 0 spiro atoms. The Hall–Kier alpha value is -5.46. The monoisotopic (exact) mass is 528 g/mol. The fourth-order valence-corrected chi connectivity index (χ4v) is 7.69. The van der Waals surface area contributed by atoms with E-state index in [-0.39, 0.29) is 0 Å². The quantitative estimate of drug-likeness (QED) is 0.147. The molecule has 0 heterocycles. The molecule has 0 amide bonds. The summed E-state index contributed by atoms with van der Waals surface area (Å²) in [5, 5.41) is 15.7. The molecule has 1 aliphatic carbocycles. The molecule has 0 radical (unpaired) electrons. The fourth-order valence-electron chi connectivity index (χ4n) is 7.69. The molecule has 0 aliphatic heterocycles. The van der Waals surface area contributed by atoms with Crippen LogP contribution in [-0.4, -0.2) is 0 Å². The second-order valence-corrected chi connectivity index (χ2v) is 11.7. The molecule has 0 bridgehead atoms. The lowest BCUT2D eigenvalue weighted by Crippen LogP contribution is -1.90. The largest absolute Gasteiger partial charge is 0.0616 e. The van der Waals surface area contributed by atoms with E-state index in [1.165, 1.54) is 98.0 Å². The third kappa shape index (κ3) is 2.86. The van der Waals surface area contributed by atoms with Crippen LogP contribution in [-0.2, 0) is 0 Å². The molecular formula is C42H24. The van der Waals surface area contributed by atoms with Crippen molar-refractivity contribution in [1.82, 2.24) is 0 Å². The molecule has 0 atom stereocenters. The highest BCUT2D eigenvalue weighted by molar-refractivity contribution is 6.30. The Kier molecular flexibility index (Phi) is 4.27. The van der Waals surface area contributed by atoms with Crippen molar-refractivity contribution in [2.75, 3.05) is 0 Å². The zero-order chi connectivity index (χ0) is 27.4. The Morgan fingerprint density at radius 3 is 1.43 bits per heavy atom. The first-order chi connectivity index (χ1) is 20.8. The maximum absolute atomic E-state index is 2.48. The van der Waals surface area contributed by atoms with E-state index in [2.05, 4.69) is 146 Å². The first-order valence-corrected chi connectivity index (χ1v) is 14.7. The molecule has 0 N–H and O–H groups in total. The topological polar surface area (TPSA) is 0 Å². The smallest absolute Gasteiger partial charge is 0.00199 e. The molecule has 42 heavy (non-hydrogen) atoms. The first-order valence-electron chi connectivity index (χ1n) is 14.7. The predicted molar refractivity (Wildman–Crippen MR) is 181 cm³/mol. The van der Waals surface area contributed by atoms with Crippen molar-refractivity contribution in [3.8, 4) is 33.4 Å². The van der Waals surface area contributed by atoms with Gasteiger partial charge < -0.3 is 0 Å². The van der Waals surface area contributed by atoms with Crippen LogP contribution in [0.1, 0.15) is 0 Å². The molecule has 0 heteroatoms. The van der Waals surface area contributed by atoms with Crippen LogP contribution in [0.25, 0.3) is 98.0 Å². The number of fused-ring (bicyclic) bond motifs is 10. The minimum absolute atomic E-state index is 1.28. The van der Waals surface area contributed by atoms with Crippen molar-refractivity contribution in [3.05, 3.63) is 146 Å². The van der Waals surface area contributed by atoms with E-state index in [0.29, 0.717) is 0 Å². The van der Waals surface area contributed by atoms with E-state index in [0.717, 1.165) is 0 Å². The Bertz CT molecular complexity index is 2560. The van der Waals surface area contributed by atoms with Crippen molar-refractivity contribution < 1.29 is 0 Å². The van der Waals surface area contributed by atoms with Gasteiger partial charge in [0.15, 0.2) is 0 Å². The van der Waals surface area contributed by atoms with E-state index in [9.17, 15) is 0 Å². The van der Waals surface area contributed by atoms with Crippen LogP contribution in [0.4, 0.5) is 0 Å². The van der Waals surface area contributed by atoms with Gasteiger partial charge in [-0.1, -0.05) is 115 Å². The molecule has 0 saturated heterocycles. The van der Waals surface area contributed by atoms with Crippen molar-refractivity contribution >= 4 is 64.6 Å². The SMILES string of the molecule is c1ccc2cc3c(cc2c1)-c1cccc2c1c-3cc1c3ccccc3c(-c3c4ccccc4cc4ccccc34)cc21. The average molecular weight is 529 g/mol. The summed E-state index contributed by atoms with van der Waals surface area (Å²) in [6, 6.07) is 54.3. The van der Waals surface area contributed by atoms with Crippen LogP contribution in [0.5, 0.6) is 0 Å². The third-order valence-corrected chi connectivity index (χ3v) is 9.51. The van der Waals surface area contributed by atoms with E-state index >= 15 is 0 Å². The Morgan fingerprint density at radius 1 is 0.238 bits per heavy atom. The second-order valence-electron chi connectivity index (χ2n) is 11.7. The van der Waals surface area contributed by atoms with Gasteiger partial charge in [0.25, 0.3) is 0 Å². The Morgan fingerprint density at radius 2 is 0.738 bits per heavy atom. The van der Waals surface area contributed by atoms with Crippen LogP contribution < -0.4 is 0 Å². The summed E-state index contributed by atoms with van der Waals surface area (Å²) in [5.41, 5.74) is 8.00. The summed E-state index contributed by atoms with van der Waals surface area (Å²) in [5.74, 6) is 0. The normalized spacial score (nSPS) is 12.3. The molecule has 0 saturated carbocycles. The number of benzene rings is 9. The van der Waals surface area contributed by atoms with Gasteiger partial charge in [-0.25, -0.2) is 0 Å². The molecule has 0 aromatic heterocycles. The molecule has 192 valence electrons. The summed E-state index contributed by atoms with van der Waals surface area (Å²) >= 11 is 0. The number of rotatable bonds is 1. The molecule has 0 nitrogen and oxygen atoms in total. The predicted octanol–water partition coefficient (Wildman–Crippen LogP) is 11.9. The van der Waals surface area contributed by atoms with Crippen molar-refractivity contribution in [2.45, 2.75) is 0 Å². The molecule has 10 rings (SSSR count). The summed E-state index contributed by atoms with van der Waals surface area (Å²) in [7, 11) is 0. The van der Waals surface area contributed by atoms with Gasteiger partial charge in [0.1, 0.15) is 0 Å². The molecule has 9 aromatic rings. The van der Waals surface area contributed by atoms with Crippen molar-refractivity contribution in [3.63, 3.8) is 0 Å². The summed E-state index contributed by atoms with van der Waals surface area (Å²) in [4.78, 5) is 0.